The minimum atomic E-state index is -1.32. The minimum Gasteiger partial charge on any atom is -0.480 e. The second-order valence-corrected chi connectivity index (χ2v) is 5.21. The Hall–Kier alpha value is -2.08. The average molecular weight is 294 g/mol. The number of hydrogen-bond acceptors (Lipinski definition) is 3. The number of carbonyl (C=O) groups excluding carboxylic acids is 1. The molecular weight excluding hydrogens is 272 g/mol. The molecule has 0 aromatic heterocycles. The Kier molecular flexibility index (Phi) is 6.17. The Bertz CT molecular complexity index is 474. The van der Waals surface area contributed by atoms with Gasteiger partial charge in [-0.3, -0.25) is 0 Å². The van der Waals surface area contributed by atoms with Crippen molar-refractivity contribution in [2.75, 3.05) is 0 Å². The van der Waals surface area contributed by atoms with Crippen LogP contribution < -0.4 is 5.32 Å². The van der Waals surface area contributed by atoms with E-state index in [4.69, 9.17) is 5.11 Å². The fourth-order valence-electron chi connectivity index (χ4n) is 1.87. The van der Waals surface area contributed by atoms with Crippen LogP contribution in [0.1, 0.15) is 26.3 Å². The number of benzene rings is 1. The van der Waals surface area contributed by atoms with Crippen LogP contribution in [0.3, 0.4) is 0 Å². The highest BCUT2D eigenvalue weighted by atomic mass is 16.4. The van der Waals surface area contributed by atoms with Gasteiger partial charge in [0.1, 0.15) is 0 Å². The molecule has 21 heavy (non-hydrogen) atoms. The van der Waals surface area contributed by atoms with E-state index in [-0.39, 0.29) is 6.04 Å². The molecule has 1 aromatic carbocycles. The van der Waals surface area contributed by atoms with Crippen molar-refractivity contribution in [2.24, 2.45) is 0 Å². The number of amides is 2. The molecule has 0 heterocycles. The molecule has 116 valence electrons. The maximum atomic E-state index is 12.2. The van der Waals surface area contributed by atoms with Gasteiger partial charge in [-0.2, -0.15) is 0 Å². The molecule has 0 radical (unpaired) electrons. The summed E-state index contributed by atoms with van der Waals surface area (Å²) in [6, 6.07) is 7.49. The van der Waals surface area contributed by atoms with Crippen molar-refractivity contribution in [3.05, 3.63) is 35.9 Å². The summed E-state index contributed by atoms with van der Waals surface area (Å²) in [6.07, 6.45) is -1.17. The van der Waals surface area contributed by atoms with Crippen LogP contribution in [0.4, 0.5) is 4.79 Å². The van der Waals surface area contributed by atoms with Crippen molar-refractivity contribution in [3.8, 4) is 0 Å². The Balaban J connectivity index is 2.81. The van der Waals surface area contributed by atoms with Crippen molar-refractivity contribution < 1.29 is 19.8 Å². The van der Waals surface area contributed by atoms with Gasteiger partial charge in [0.15, 0.2) is 6.04 Å². The first-order valence-electron chi connectivity index (χ1n) is 6.85. The topological polar surface area (TPSA) is 89.9 Å². The molecule has 0 bridgehead atoms. The van der Waals surface area contributed by atoms with E-state index < -0.39 is 24.1 Å². The molecule has 6 heteroatoms. The number of rotatable bonds is 6. The number of carboxylic acids is 1. The van der Waals surface area contributed by atoms with Gasteiger partial charge in [0, 0.05) is 12.6 Å². The Labute approximate surface area is 124 Å². The Morgan fingerprint density at radius 3 is 2.19 bits per heavy atom. The van der Waals surface area contributed by atoms with E-state index >= 15 is 0 Å². The summed E-state index contributed by atoms with van der Waals surface area (Å²) in [7, 11) is 0. The maximum Gasteiger partial charge on any atom is 0.328 e. The first-order chi connectivity index (χ1) is 9.82. The van der Waals surface area contributed by atoms with Crippen molar-refractivity contribution in [2.45, 2.75) is 45.5 Å². The van der Waals surface area contributed by atoms with Crippen LogP contribution in [0.15, 0.2) is 30.3 Å². The van der Waals surface area contributed by atoms with E-state index in [1.807, 2.05) is 44.2 Å². The summed E-state index contributed by atoms with van der Waals surface area (Å²) in [5.74, 6) is -1.26. The smallest absolute Gasteiger partial charge is 0.328 e. The van der Waals surface area contributed by atoms with Crippen molar-refractivity contribution in [1.29, 1.82) is 0 Å². The van der Waals surface area contributed by atoms with E-state index in [9.17, 15) is 14.7 Å². The van der Waals surface area contributed by atoms with Gasteiger partial charge < -0.3 is 20.4 Å². The summed E-state index contributed by atoms with van der Waals surface area (Å²) >= 11 is 0. The largest absolute Gasteiger partial charge is 0.480 e. The predicted molar refractivity (Wildman–Crippen MR) is 78.8 cm³/mol. The molecule has 0 unspecified atom stereocenters. The molecule has 3 N–H and O–H groups in total. The van der Waals surface area contributed by atoms with Gasteiger partial charge in [0.2, 0.25) is 0 Å². The zero-order chi connectivity index (χ0) is 16.0. The fourth-order valence-corrected chi connectivity index (χ4v) is 1.87. The summed E-state index contributed by atoms with van der Waals surface area (Å²) < 4.78 is 0. The zero-order valence-electron chi connectivity index (χ0n) is 12.5. The van der Waals surface area contributed by atoms with Crippen molar-refractivity contribution >= 4 is 12.0 Å². The number of hydrogen-bond donors (Lipinski definition) is 3. The van der Waals surface area contributed by atoms with Crippen LogP contribution in [0.5, 0.6) is 0 Å². The number of carboxylic acid groups (broad SMARTS) is 1. The maximum absolute atomic E-state index is 12.2. The lowest BCUT2D eigenvalue weighted by Crippen LogP contribution is -2.53. The quantitative estimate of drug-likeness (QED) is 0.740. The predicted octanol–water partition coefficient (Wildman–Crippen LogP) is 1.44. The van der Waals surface area contributed by atoms with Crippen LogP contribution >= 0.6 is 0 Å². The number of urea groups is 1. The number of aliphatic hydroxyl groups excluding tert-OH is 1. The summed E-state index contributed by atoms with van der Waals surface area (Å²) in [4.78, 5) is 24.8. The third-order valence-electron chi connectivity index (χ3n) is 3.11. The third-order valence-corrected chi connectivity index (χ3v) is 3.11. The van der Waals surface area contributed by atoms with Gasteiger partial charge in [-0.15, -0.1) is 0 Å². The summed E-state index contributed by atoms with van der Waals surface area (Å²) in [6.45, 7) is 5.40. The molecule has 0 fully saturated rings. The average Bonchev–Trinajstić information content (AvgIpc) is 2.42. The molecule has 0 saturated carbocycles. The van der Waals surface area contributed by atoms with Crippen LogP contribution in [0.2, 0.25) is 0 Å². The third kappa shape index (κ3) is 5.07. The first kappa shape index (κ1) is 17.0. The lowest BCUT2D eigenvalue weighted by molar-refractivity contribution is -0.141. The lowest BCUT2D eigenvalue weighted by atomic mass is 10.1. The van der Waals surface area contributed by atoms with E-state index in [1.54, 1.807) is 0 Å². The molecule has 0 aliphatic heterocycles. The van der Waals surface area contributed by atoms with E-state index in [2.05, 4.69) is 5.32 Å². The van der Waals surface area contributed by atoms with Gasteiger partial charge in [0.05, 0.1) is 6.10 Å². The number of aliphatic hydroxyl groups is 1. The van der Waals surface area contributed by atoms with Gasteiger partial charge in [0.25, 0.3) is 0 Å². The summed E-state index contributed by atoms with van der Waals surface area (Å²) in [5, 5.41) is 20.8. The number of nitrogens with zero attached hydrogens (tertiary/aromatic N) is 1. The van der Waals surface area contributed by atoms with Gasteiger partial charge in [-0.1, -0.05) is 30.3 Å². The zero-order valence-corrected chi connectivity index (χ0v) is 12.5. The lowest BCUT2D eigenvalue weighted by Gasteiger charge is -2.29. The molecule has 2 atom stereocenters. The minimum absolute atomic E-state index is 0.103. The number of carbonyl (C=O) groups is 2. The molecular formula is C15H22N2O4. The molecule has 1 rings (SSSR count). The monoisotopic (exact) mass is 294 g/mol. The van der Waals surface area contributed by atoms with Crippen LogP contribution in [0, 0.1) is 0 Å². The SMILES string of the molecule is CC(C)N(Cc1ccccc1)C(=O)N[C@H](C(=O)O)[C@@H](C)O. The van der Waals surface area contributed by atoms with E-state index in [1.165, 1.54) is 11.8 Å². The molecule has 6 nitrogen and oxygen atoms in total. The number of nitrogens with one attached hydrogen (secondary N) is 1. The highest BCUT2D eigenvalue weighted by Gasteiger charge is 2.28. The first-order valence-corrected chi connectivity index (χ1v) is 6.85. The standard InChI is InChI=1S/C15H22N2O4/c1-10(2)17(9-12-7-5-4-6-8-12)15(21)16-13(11(3)18)14(19)20/h4-8,10-11,13,18H,9H2,1-3H3,(H,16,21)(H,19,20)/t11-,13+/m1/s1. The molecule has 0 spiro atoms. The normalized spacial score (nSPS) is 13.6. The highest BCUT2D eigenvalue weighted by Crippen LogP contribution is 2.09. The van der Waals surface area contributed by atoms with Crippen LogP contribution in [-0.4, -0.2) is 45.3 Å². The highest BCUT2D eigenvalue weighted by molar-refractivity contribution is 5.83. The second-order valence-electron chi connectivity index (χ2n) is 5.21. The van der Waals surface area contributed by atoms with Gasteiger partial charge >= 0.3 is 12.0 Å². The molecule has 0 saturated heterocycles. The van der Waals surface area contributed by atoms with Crippen LogP contribution in [-0.2, 0) is 11.3 Å². The molecule has 0 aliphatic carbocycles. The molecule has 0 aliphatic rings. The van der Waals surface area contributed by atoms with Gasteiger partial charge in [-0.05, 0) is 26.3 Å². The summed E-state index contributed by atoms with van der Waals surface area (Å²) in [5.41, 5.74) is 0.949. The fraction of sp³-hybridized carbons (Fsp3) is 0.467. The number of aliphatic carboxylic acids is 1. The van der Waals surface area contributed by atoms with Crippen LogP contribution in [0.25, 0.3) is 0 Å². The van der Waals surface area contributed by atoms with E-state index in [0.717, 1.165) is 5.56 Å². The van der Waals surface area contributed by atoms with Crippen molar-refractivity contribution in [1.82, 2.24) is 10.2 Å². The Morgan fingerprint density at radius 1 is 1.19 bits per heavy atom. The van der Waals surface area contributed by atoms with Gasteiger partial charge in [-0.25, -0.2) is 9.59 Å². The van der Waals surface area contributed by atoms with E-state index in [0.29, 0.717) is 6.54 Å². The second kappa shape index (κ2) is 7.64. The molecule has 1 aromatic rings. The molecule has 2 amide bonds. The Morgan fingerprint density at radius 2 is 1.76 bits per heavy atom. The van der Waals surface area contributed by atoms with Crippen molar-refractivity contribution in [3.63, 3.8) is 0 Å².